The van der Waals surface area contributed by atoms with E-state index < -0.39 is 10.0 Å². The van der Waals surface area contributed by atoms with Crippen molar-refractivity contribution in [3.8, 4) is 0 Å². The van der Waals surface area contributed by atoms with Crippen molar-refractivity contribution >= 4 is 26.6 Å². The topological polar surface area (TPSA) is 72.2 Å². The lowest BCUT2D eigenvalue weighted by atomic mass is 10.2. The van der Waals surface area contributed by atoms with Gasteiger partial charge in [-0.1, -0.05) is 18.2 Å². The summed E-state index contributed by atoms with van der Waals surface area (Å²) in [6.45, 7) is 3.56. The van der Waals surface area contributed by atoms with Gasteiger partial charge in [-0.2, -0.15) is 8.42 Å². The van der Waals surface area contributed by atoms with E-state index in [0.717, 1.165) is 11.1 Å². The first kappa shape index (κ1) is 13.6. The molecule has 5 nitrogen and oxygen atoms in total. The smallest absolute Gasteiger partial charge is 0.295 e. The minimum atomic E-state index is -3.75. The number of anilines is 1. The molecule has 108 valence electrons. The average Bonchev–Trinajstić information content (AvgIpc) is 2.87. The molecule has 3 aromatic rings. The van der Waals surface area contributed by atoms with Crippen LogP contribution in [0.1, 0.15) is 11.5 Å². The predicted octanol–water partition coefficient (Wildman–Crippen LogP) is 3.25. The molecule has 0 aliphatic heterocycles. The summed E-state index contributed by atoms with van der Waals surface area (Å²) in [6, 6.07) is 12.2. The maximum Gasteiger partial charge on any atom is 0.295 e. The zero-order chi connectivity index (χ0) is 15.0. The van der Waals surface area contributed by atoms with Crippen LogP contribution in [0, 0.1) is 13.8 Å². The molecule has 6 heteroatoms. The van der Waals surface area contributed by atoms with Crippen LogP contribution >= 0.6 is 0 Å². The Morgan fingerprint density at radius 2 is 1.86 bits per heavy atom. The van der Waals surface area contributed by atoms with Gasteiger partial charge in [0.05, 0.1) is 11.2 Å². The van der Waals surface area contributed by atoms with Crippen molar-refractivity contribution < 1.29 is 12.8 Å². The maximum atomic E-state index is 12.3. The number of rotatable bonds is 3. The molecule has 0 aliphatic rings. The molecule has 0 saturated carbocycles. The Kier molecular flexibility index (Phi) is 3.17. The lowest BCUT2D eigenvalue weighted by Crippen LogP contribution is -2.12. The fourth-order valence-corrected chi connectivity index (χ4v) is 3.12. The third kappa shape index (κ3) is 2.62. The van der Waals surface area contributed by atoms with E-state index in [1.54, 1.807) is 25.1 Å². The van der Waals surface area contributed by atoms with Crippen LogP contribution in [0.25, 0.3) is 10.9 Å². The zero-order valence-electron chi connectivity index (χ0n) is 11.6. The molecular formula is C15H14N2O3S. The predicted molar refractivity (Wildman–Crippen MR) is 80.7 cm³/mol. The average molecular weight is 302 g/mol. The van der Waals surface area contributed by atoms with E-state index in [-0.39, 0.29) is 5.09 Å². The van der Waals surface area contributed by atoms with Crippen molar-refractivity contribution in [2.75, 3.05) is 4.72 Å². The van der Waals surface area contributed by atoms with Crippen LogP contribution in [0.2, 0.25) is 0 Å². The first-order valence-corrected chi connectivity index (χ1v) is 7.90. The fourth-order valence-electron chi connectivity index (χ4n) is 2.08. The van der Waals surface area contributed by atoms with Gasteiger partial charge in [0.25, 0.3) is 10.0 Å². The summed E-state index contributed by atoms with van der Waals surface area (Å²) in [6.07, 6.45) is 0. The fraction of sp³-hybridized carbons (Fsp3) is 0.133. The van der Waals surface area contributed by atoms with Gasteiger partial charge in [-0.25, -0.2) is 0 Å². The molecule has 21 heavy (non-hydrogen) atoms. The van der Waals surface area contributed by atoms with Crippen molar-refractivity contribution in [3.05, 3.63) is 53.9 Å². The Hall–Kier alpha value is -2.34. The second-order valence-corrected chi connectivity index (χ2v) is 6.41. The highest BCUT2D eigenvalue weighted by molar-refractivity contribution is 7.92. The number of sulfonamides is 1. The van der Waals surface area contributed by atoms with E-state index in [4.69, 9.17) is 4.42 Å². The minimum Gasteiger partial charge on any atom is -0.448 e. The monoisotopic (exact) mass is 302 g/mol. The highest BCUT2D eigenvalue weighted by Gasteiger charge is 2.19. The second-order valence-electron chi connectivity index (χ2n) is 4.80. The molecule has 0 unspecified atom stereocenters. The molecule has 3 rings (SSSR count). The van der Waals surface area contributed by atoms with Crippen molar-refractivity contribution in [1.29, 1.82) is 0 Å². The molecular weight excluding hydrogens is 288 g/mol. The van der Waals surface area contributed by atoms with Gasteiger partial charge in [-0.15, -0.1) is 0 Å². The van der Waals surface area contributed by atoms with E-state index >= 15 is 0 Å². The number of pyridine rings is 1. The SMILES string of the molecule is Cc1ccc2cccc(NS(=O)(=O)c3ccc(C)o3)c2n1. The van der Waals surface area contributed by atoms with Crippen LogP contribution in [0.15, 0.2) is 52.0 Å². The zero-order valence-corrected chi connectivity index (χ0v) is 12.4. The highest BCUT2D eigenvalue weighted by Crippen LogP contribution is 2.25. The van der Waals surface area contributed by atoms with Crippen molar-refractivity contribution in [3.63, 3.8) is 0 Å². The van der Waals surface area contributed by atoms with Crippen molar-refractivity contribution in [2.24, 2.45) is 0 Å². The van der Waals surface area contributed by atoms with Gasteiger partial charge in [0.2, 0.25) is 5.09 Å². The quantitative estimate of drug-likeness (QED) is 0.806. The Morgan fingerprint density at radius 1 is 1.05 bits per heavy atom. The van der Waals surface area contributed by atoms with Crippen molar-refractivity contribution in [2.45, 2.75) is 18.9 Å². The van der Waals surface area contributed by atoms with Crippen LogP contribution in [0.3, 0.4) is 0 Å². The lowest BCUT2D eigenvalue weighted by molar-refractivity contribution is 0.430. The number of nitrogens with zero attached hydrogens (tertiary/aromatic N) is 1. The van der Waals surface area contributed by atoms with E-state index in [9.17, 15) is 8.42 Å². The number of benzene rings is 1. The standard InChI is InChI=1S/C15H14N2O3S/c1-10-6-8-12-4-3-5-13(15(12)16-10)17-21(18,19)14-9-7-11(2)20-14/h3-9,17H,1-2H3. The van der Waals surface area contributed by atoms with Gasteiger partial charge in [0.1, 0.15) is 5.76 Å². The van der Waals surface area contributed by atoms with Gasteiger partial charge in [0, 0.05) is 11.1 Å². The molecule has 0 fully saturated rings. The number of aromatic nitrogens is 1. The molecule has 0 bridgehead atoms. The normalized spacial score (nSPS) is 11.7. The lowest BCUT2D eigenvalue weighted by Gasteiger charge is -2.09. The van der Waals surface area contributed by atoms with Crippen molar-refractivity contribution in [1.82, 2.24) is 4.98 Å². The van der Waals surface area contributed by atoms with Gasteiger partial charge in [0.15, 0.2) is 0 Å². The Balaban J connectivity index is 2.08. The number of nitrogens with one attached hydrogen (secondary N) is 1. The van der Waals surface area contributed by atoms with Gasteiger partial charge in [-0.3, -0.25) is 9.71 Å². The summed E-state index contributed by atoms with van der Waals surface area (Å²) in [4.78, 5) is 4.40. The highest BCUT2D eigenvalue weighted by atomic mass is 32.2. The third-order valence-corrected chi connectivity index (χ3v) is 4.32. The summed E-state index contributed by atoms with van der Waals surface area (Å²) < 4.78 is 32.3. The first-order valence-electron chi connectivity index (χ1n) is 6.41. The number of hydrogen-bond acceptors (Lipinski definition) is 4. The van der Waals surface area contributed by atoms with E-state index in [2.05, 4.69) is 9.71 Å². The number of furan rings is 1. The molecule has 0 saturated heterocycles. The number of aryl methyl sites for hydroxylation is 2. The number of fused-ring (bicyclic) bond motifs is 1. The molecule has 0 atom stereocenters. The van der Waals surface area contributed by atoms with Crippen LogP contribution in [0.5, 0.6) is 0 Å². The number of hydrogen-bond donors (Lipinski definition) is 1. The molecule has 1 N–H and O–H groups in total. The molecule has 1 aromatic carbocycles. The van der Waals surface area contributed by atoms with Gasteiger partial charge in [-0.05, 0) is 38.1 Å². The van der Waals surface area contributed by atoms with Crippen LogP contribution < -0.4 is 4.72 Å². The summed E-state index contributed by atoms with van der Waals surface area (Å²) in [5.74, 6) is 0.544. The molecule has 2 aromatic heterocycles. The van der Waals surface area contributed by atoms with E-state index in [1.165, 1.54) is 6.07 Å². The summed E-state index contributed by atoms with van der Waals surface area (Å²) in [5.41, 5.74) is 1.87. The van der Waals surface area contributed by atoms with Gasteiger partial charge < -0.3 is 4.42 Å². The van der Waals surface area contributed by atoms with Gasteiger partial charge >= 0.3 is 0 Å². The van der Waals surface area contributed by atoms with E-state index in [0.29, 0.717) is 17.0 Å². The summed E-state index contributed by atoms with van der Waals surface area (Å²) in [7, 11) is -3.75. The number of para-hydroxylation sites is 1. The van der Waals surface area contributed by atoms with E-state index in [1.807, 2.05) is 25.1 Å². The first-order chi connectivity index (χ1) is 9.95. The maximum absolute atomic E-state index is 12.3. The molecule has 0 aliphatic carbocycles. The van der Waals surface area contributed by atoms with Crippen LogP contribution in [0.4, 0.5) is 5.69 Å². The summed E-state index contributed by atoms with van der Waals surface area (Å²) >= 11 is 0. The molecule has 0 amide bonds. The molecule has 2 heterocycles. The second kappa shape index (κ2) is 4.89. The molecule has 0 spiro atoms. The Morgan fingerprint density at radius 3 is 2.57 bits per heavy atom. The minimum absolute atomic E-state index is 0.107. The third-order valence-electron chi connectivity index (χ3n) is 3.08. The molecule has 0 radical (unpaired) electrons. The largest absolute Gasteiger partial charge is 0.448 e. The summed E-state index contributed by atoms with van der Waals surface area (Å²) in [5, 5.41) is 0.765. The Labute approximate surface area is 122 Å². The van der Waals surface area contributed by atoms with Crippen LogP contribution in [-0.4, -0.2) is 13.4 Å². The van der Waals surface area contributed by atoms with Crippen LogP contribution in [-0.2, 0) is 10.0 Å². The Bertz CT molecular complexity index is 914.